The lowest BCUT2D eigenvalue weighted by atomic mass is 9.90. The molecule has 3 heterocycles. The Bertz CT molecular complexity index is 1620. The predicted octanol–water partition coefficient (Wildman–Crippen LogP) is 5.15. The summed E-state index contributed by atoms with van der Waals surface area (Å²) >= 11 is 8.07. The monoisotopic (exact) mass is 518 g/mol. The summed E-state index contributed by atoms with van der Waals surface area (Å²) in [7, 11) is 0. The number of hydrogen-bond donors (Lipinski definition) is 1. The third-order valence-electron chi connectivity index (χ3n) is 6.39. The number of nitrogens with zero attached hydrogens (tertiary/aromatic N) is 5. The van der Waals surface area contributed by atoms with Crippen molar-refractivity contribution in [3.8, 4) is 5.69 Å². The summed E-state index contributed by atoms with van der Waals surface area (Å²) in [5.74, 6) is -0.218. The van der Waals surface area contributed by atoms with E-state index in [1.807, 2.05) is 31.2 Å². The van der Waals surface area contributed by atoms with Gasteiger partial charge in [-0.3, -0.25) is 9.36 Å². The van der Waals surface area contributed by atoms with Gasteiger partial charge in [0.15, 0.2) is 5.16 Å². The van der Waals surface area contributed by atoms with Crippen LogP contribution in [0.3, 0.4) is 0 Å². The second-order valence-electron chi connectivity index (χ2n) is 8.84. The number of amides is 1. The first-order valence-corrected chi connectivity index (χ1v) is 12.6. The minimum Gasteiger partial charge on any atom is -0.340 e. The molecule has 10 heteroatoms. The van der Waals surface area contributed by atoms with Gasteiger partial charge in [-0.25, -0.2) is 9.37 Å². The van der Waals surface area contributed by atoms with Crippen molar-refractivity contribution in [2.45, 2.75) is 24.2 Å². The summed E-state index contributed by atoms with van der Waals surface area (Å²) < 4.78 is 18.1. The van der Waals surface area contributed by atoms with E-state index in [2.05, 4.69) is 20.1 Å². The van der Waals surface area contributed by atoms with Crippen LogP contribution >= 0.6 is 23.4 Å². The Morgan fingerprint density at radius 1 is 1.11 bits per heavy atom. The van der Waals surface area contributed by atoms with Gasteiger partial charge >= 0.3 is 0 Å². The number of nitrogens with one attached hydrogen (secondary N) is 1. The smallest absolute Gasteiger partial charge is 0.253 e. The fraction of sp³-hybridized carbons (Fsp3) is 0.154. The molecule has 1 atom stereocenters. The molecule has 1 aliphatic rings. The number of fused-ring (bicyclic) bond motifs is 3. The number of imidazole rings is 1. The van der Waals surface area contributed by atoms with E-state index in [9.17, 15) is 9.18 Å². The first kappa shape index (κ1) is 22.8. The van der Waals surface area contributed by atoms with Crippen molar-refractivity contribution in [1.82, 2.24) is 29.6 Å². The third kappa shape index (κ3) is 3.94. The van der Waals surface area contributed by atoms with Gasteiger partial charge in [0.1, 0.15) is 18.5 Å². The van der Waals surface area contributed by atoms with Crippen LogP contribution in [0.15, 0.2) is 78.5 Å². The topological polar surface area (TPSA) is 77.6 Å². The van der Waals surface area contributed by atoms with Gasteiger partial charge in [-0.1, -0.05) is 41.6 Å². The van der Waals surface area contributed by atoms with Crippen molar-refractivity contribution in [2.75, 3.05) is 5.75 Å². The van der Waals surface area contributed by atoms with Gasteiger partial charge in [0.05, 0.1) is 33.7 Å². The lowest BCUT2D eigenvalue weighted by Gasteiger charge is -2.39. The fourth-order valence-corrected chi connectivity index (χ4v) is 6.01. The van der Waals surface area contributed by atoms with Crippen LogP contribution in [-0.2, 0) is 12.1 Å². The number of aromatic nitrogens is 5. The minimum atomic E-state index is -0.883. The van der Waals surface area contributed by atoms with E-state index in [-0.39, 0.29) is 11.7 Å². The zero-order valence-corrected chi connectivity index (χ0v) is 20.7. The van der Waals surface area contributed by atoms with Crippen LogP contribution in [0, 0.1) is 12.7 Å². The van der Waals surface area contributed by atoms with Crippen molar-refractivity contribution in [3.63, 3.8) is 0 Å². The number of thioether (sulfide) groups is 1. The Balaban J connectivity index is 1.40. The predicted molar refractivity (Wildman–Crippen MR) is 137 cm³/mol. The summed E-state index contributed by atoms with van der Waals surface area (Å²) in [4.78, 5) is 18.4. The molecule has 0 bridgehead atoms. The van der Waals surface area contributed by atoms with Crippen molar-refractivity contribution >= 4 is 40.3 Å². The quantitative estimate of drug-likeness (QED) is 0.356. The summed E-state index contributed by atoms with van der Waals surface area (Å²) in [6.07, 6.45) is 3.11. The van der Waals surface area contributed by atoms with Gasteiger partial charge in [-0.15, -0.1) is 10.2 Å². The second kappa shape index (κ2) is 8.76. The molecular formula is C26H20ClFN6OS. The highest BCUT2D eigenvalue weighted by Gasteiger charge is 2.40. The summed E-state index contributed by atoms with van der Waals surface area (Å²) in [6, 6.07) is 17.6. The van der Waals surface area contributed by atoms with Gasteiger partial charge in [0.2, 0.25) is 0 Å². The molecule has 0 fully saturated rings. The van der Waals surface area contributed by atoms with E-state index in [0.717, 1.165) is 27.4 Å². The van der Waals surface area contributed by atoms with Crippen molar-refractivity contribution < 1.29 is 9.18 Å². The maximum absolute atomic E-state index is 14.4. The SMILES string of the molecule is Cc1ccc2c(c1)nc1n2C[C@](NC(=O)c2ccc(-n3cnnc3)cc2Cl)(c2cccc(F)c2)CS1. The maximum atomic E-state index is 14.4. The second-order valence-corrected chi connectivity index (χ2v) is 10.2. The zero-order chi connectivity index (χ0) is 24.9. The maximum Gasteiger partial charge on any atom is 0.253 e. The molecule has 180 valence electrons. The van der Waals surface area contributed by atoms with E-state index in [1.165, 1.54) is 23.9 Å². The standard InChI is InChI=1S/C26H20ClFN6OS/c1-16-5-8-23-22(9-16)31-25-34(23)12-26(13-36-25,17-3-2-4-18(28)10-17)32-24(35)20-7-6-19(11-21(20)27)33-14-29-30-15-33/h2-11,14-15H,12-13H2,1H3,(H,32,35)/t26-/m1/s1. The highest BCUT2D eigenvalue weighted by Crippen LogP contribution is 2.39. The Hall–Kier alpha value is -3.69. The van der Waals surface area contributed by atoms with Gasteiger partial charge in [0.25, 0.3) is 5.91 Å². The molecule has 0 spiro atoms. The van der Waals surface area contributed by atoms with Crippen molar-refractivity contribution in [3.05, 3.63) is 101 Å². The Kier molecular flexibility index (Phi) is 5.54. The number of benzene rings is 3. The number of carbonyl (C=O) groups is 1. The summed E-state index contributed by atoms with van der Waals surface area (Å²) in [5.41, 5.74) is 3.84. The summed E-state index contributed by atoms with van der Waals surface area (Å²) in [5, 5.41) is 12.0. The van der Waals surface area contributed by atoms with E-state index >= 15 is 0 Å². The van der Waals surface area contributed by atoms with Crippen LogP contribution in [0.2, 0.25) is 5.02 Å². The van der Waals surface area contributed by atoms with Crippen LogP contribution < -0.4 is 5.32 Å². The van der Waals surface area contributed by atoms with E-state index in [4.69, 9.17) is 16.6 Å². The van der Waals surface area contributed by atoms with Gasteiger partial charge < -0.3 is 9.88 Å². The average Bonchev–Trinajstić information content (AvgIpc) is 3.51. The first-order chi connectivity index (χ1) is 17.4. The molecule has 3 aromatic carbocycles. The number of carbonyl (C=O) groups excluding carboxylic acids is 1. The largest absolute Gasteiger partial charge is 0.340 e. The molecule has 0 unspecified atom stereocenters. The molecule has 7 nitrogen and oxygen atoms in total. The molecule has 0 saturated heterocycles. The van der Waals surface area contributed by atoms with Crippen molar-refractivity contribution in [1.29, 1.82) is 0 Å². The average molecular weight is 519 g/mol. The Morgan fingerprint density at radius 2 is 1.94 bits per heavy atom. The molecule has 0 saturated carbocycles. The molecule has 6 rings (SSSR count). The molecule has 0 radical (unpaired) electrons. The van der Waals surface area contributed by atoms with Gasteiger partial charge in [-0.05, 0) is 60.5 Å². The molecular weight excluding hydrogens is 499 g/mol. The van der Waals surface area contributed by atoms with Crippen LogP contribution in [-0.4, -0.2) is 36.0 Å². The lowest BCUT2D eigenvalue weighted by molar-refractivity contribution is 0.0894. The number of hydrogen-bond acceptors (Lipinski definition) is 5. The fourth-order valence-electron chi connectivity index (χ4n) is 4.56. The van der Waals surface area contributed by atoms with E-state index in [0.29, 0.717) is 28.4 Å². The lowest BCUT2D eigenvalue weighted by Crippen LogP contribution is -2.52. The highest BCUT2D eigenvalue weighted by atomic mass is 35.5. The van der Waals surface area contributed by atoms with Crippen LogP contribution in [0.1, 0.15) is 21.5 Å². The number of aryl methyl sites for hydroxylation is 1. The molecule has 5 aromatic rings. The van der Waals surface area contributed by atoms with Crippen LogP contribution in [0.25, 0.3) is 16.7 Å². The molecule has 1 aliphatic heterocycles. The molecule has 1 N–H and O–H groups in total. The van der Waals surface area contributed by atoms with Crippen LogP contribution in [0.5, 0.6) is 0 Å². The molecule has 36 heavy (non-hydrogen) atoms. The van der Waals surface area contributed by atoms with E-state index < -0.39 is 5.54 Å². The molecule has 0 aliphatic carbocycles. The summed E-state index contributed by atoms with van der Waals surface area (Å²) in [6.45, 7) is 2.43. The third-order valence-corrected chi connectivity index (χ3v) is 7.91. The Morgan fingerprint density at radius 3 is 2.72 bits per heavy atom. The minimum absolute atomic E-state index is 0.292. The molecule has 2 aromatic heterocycles. The van der Waals surface area contributed by atoms with Crippen molar-refractivity contribution in [2.24, 2.45) is 0 Å². The first-order valence-electron chi connectivity index (χ1n) is 11.2. The van der Waals surface area contributed by atoms with Gasteiger partial charge in [-0.2, -0.15) is 0 Å². The number of rotatable bonds is 4. The molecule has 1 amide bonds. The number of halogens is 2. The van der Waals surface area contributed by atoms with Gasteiger partial charge in [0, 0.05) is 11.4 Å². The van der Waals surface area contributed by atoms with E-state index in [1.54, 1.807) is 41.5 Å². The highest BCUT2D eigenvalue weighted by molar-refractivity contribution is 7.99. The normalized spacial score (nSPS) is 17.2. The Labute approximate surface area is 215 Å². The zero-order valence-electron chi connectivity index (χ0n) is 19.2. The van der Waals surface area contributed by atoms with Crippen LogP contribution in [0.4, 0.5) is 4.39 Å².